The largest absolute Gasteiger partial charge is 0.382 e. The highest BCUT2D eigenvalue weighted by molar-refractivity contribution is 5.10. The fourth-order valence-corrected chi connectivity index (χ4v) is 2.25. The maximum atomic E-state index is 5.39. The number of aromatic nitrogens is 2. The van der Waals surface area contributed by atoms with Crippen LogP contribution in [-0.4, -0.2) is 35.6 Å². The Labute approximate surface area is 111 Å². The Kier molecular flexibility index (Phi) is 6.98. The smallest absolute Gasteiger partial charge is 0.0596 e. The minimum Gasteiger partial charge on any atom is -0.382 e. The molecule has 0 fully saturated rings. The molecule has 1 aromatic rings. The fraction of sp³-hybridized carbons (Fsp3) is 0.786. The second kappa shape index (κ2) is 8.27. The van der Waals surface area contributed by atoms with Crippen LogP contribution in [0.1, 0.15) is 38.1 Å². The Hall–Kier alpha value is -0.870. The highest BCUT2D eigenvalue weighted by atomic mass is 16.5. The van der Waals surface area contributed by atoms with E-state index in [1.165, 1.54) is 5.69 Å². The first-order valence-electron chi connectivity index (χ1n) is 6.98. The number of likely N-dealkylation sites (N-methyl/N-ethyl adjacent to an activating group) is 1. The second-order valence-electron chi connectivity index (χ2n) is 4.70. The maximum absolute atomic E-state index is 5.39. The van der Waals surface area contributed by atoms with Gasteiger partial charge in [0.05, 0.1) is 5.69 Å². The van der Waals surface area contributed by atoms with E-state index in [4.69, 9.17) is 4.74 Å². The van der Waals surface area contributed by atoms with Gasteiger partial charge in [0.1, 0.15) is 0 Å². The summed E-state index contributed by atoms with van der Waals surface area (Å²) in [7, 11) is 2.02. The van der Waals surface area contributed by atoms with Gasteiger partial charge in [-0.05, 0) is 39.3 Å². The van der Waals surface area contributed by atoms with Gasteiger partial charge >= 0.3 is 0 Å². The van der Waals surface area contributed by atoms with E-state index in [1.807, 2.05) is 25.6 Å². The van der Waals surface area contributed by atoms with Crippen LogP contribution in [0, 0.1) is 6.92 Å². The highest BCUT2D eigenvalue weighted by Gasteiger charge is 2.11. The van der Waals surface area contributed by atoms with Crippen molar-refractivity contribution in [1.29, 1.82) is 0 Å². The third kappa shape index (κ3) is 5.19. The number of aryl methyl sites for hydroxylation is 2. The first kappa shape index (κ1) is 15.2. The minimum absolute atomic E-state index is 0.519. The summed E-state index contributed by atoms with van der Waals surface area (Å²) in [5.41, 5.74) is 2.40. The van der Waals surface area contributed by atoms with Gasteiger partial charge in [0, 0.05) is 38.4 Å². The van der Waals surface area contributed by atoms with E-state index in [0.29, 0.717) is 6.04 Å². The van der Waals surface area contributed by atoms with Crippen LogP contribution in [0.3, 0.4) is 0 Å². The summed E-state index contributed by atoms with van der Waals surface area (Å²) in [5.74, 6) is 0. The van der Waals surface area contributed by atoms with Crippen LogP contribution < -0.4 is 5.32 Å². The zero-order valence-corrected chi connectivity index (χ0v) is 12.2. The molecule has 0 bridgehead atoms. The van der Waals surface area contributed by atoms with Crippen molar-refractivity contribution in [2.45, 2.75) is 46.1 Å². The Morgan fingerprint density at radius 1 is 1.44 bits per heavy atom. The number of hydrogen-bond acceptors (Lipinski definition) is 3. The van der Waals surface area contributed by atoms with Crippen molar-refractivity contribution in [3.05, 3.63) is 17.5 Å². The fourth-order valence-electron chi connectivity index (χ4n) is 2.25. The van der Waals surface area contributed by atoms with Crippen molar-refractivity contribution < 1.29 is 4.74 Å². The van der Waals surface area contributed by atoms with Gasteiger partial charge in [-0.1, -0.05) is 6.92 Å². The average molecular weight is 253 g/mol. The van der Waals surface area contributed by atoms with E-state index in [2.05, 4.69) is 23.4 Å². The molecule has 0 aliphatic carbocycles. The van der Waals surface area contributed by atoms with Gasteiger partial charge in [-0.2, -0.15) is 5.10 Å². The molecule has 0 aliphatic rings. The van der Waals surface area contributed by atoms with E-state index in [9.17, 15) is 0 Å². The molecule has 0 saturated heterocycles. The zero-order chi connectivity index (χ0) is 13.4. The zero-order valence-electron chi connectivity index (χ0n) is 12.2. The Bertz CT molecular complexity index is 336. The molecule has 0 amide bonds. The Balaban J connectivity index is 2.44. The quantitative estimate of drug-likeness (QED) is 0.685. The summed E-state index contributed by atoms with van der Waals surface area (Å²) < 4.78 is 7.38. The van der Waals surface area contributed by atoms with Crippen molar-refractivity contribution in [2.24, 2.45) is 7.05 Å². The second-order valence-corrected chi connectivity index (χ2v) is 4.70. The van der Waals surface area contributed by atoms with Gasteiger partial charge < -0.3 is 10.1 Å². The number of nitrogens with one attached hydrogen (secondary N) is 1. The molecule has 1 atom stereocenters. The van der Waals surface area contributed by atoms with Crippen molar-refractivity contribution in [1.82, 2.24) is 15.1 Å². The van der Waals surface area contributed by atoms with Crippen LogP contribution in [0.25, 0.3) is 0 Å². The molecule has 1 rings (SSSR count). The molecular formula is C14H27N3O. The Morgan fingerprint density at radius 2 is 2.22 bits per heavy atom. The van der Waals surface area contributed by atoms with E-state index >= 15 is 0 Å². The van der Waals surface area contributed by atoms with Crippen LogP contribution in [-0.2, 0) is 18.2 Å². The normalized spacial score (nSPS) is 12.9. The molecule has 1 N–H and O–H groups in total. The summed E-state index contributed by atoms with van der Waals surface area (Å²) in [6, 6.07) is 2.69. The molecule has 0 aromatic carbocycles. The van der Waals surface area contributed by atoms with Gasteiger partial charge in [-0.25, -0.2) is 0 Å². The van der Waals surface area contributed by atoms with E-state index in [0.717, 1.165) is 44.7 Å². The predicted octanol–water partition coefficient (Wildman–Crippen LogP) is 2.07. The van der Waals surface area contributed by atoms with E-state index < -0.39 is 0 Å². The van der Waals surface area contributed by atoms with Crippen molar-refractivity contribution >= 4 is 0 Å². The molecule has 1 aromatic heterocycles. The monoisotopic (exact) mass is 253 g/mol. The van der Waals surface area contributed by atoms with Gasteiger partial charge in [0.2, 0.25) is 0 Å². The van der Waals surface area contributed by atoms with Crippen LogP contribution in [0.4, 0.5) is 0 Å². The molecule has 4 heteroatoms. The molecule has 0 spiro atoms. The number of ether oxygens (including phenoxy) is 1. The van der Waals surface area contributed by atoms with E-state index in [-0.39, 0.29) is 0 Å². The van der Waals surface area contributed by atoms with Crippen molar-refractivity contribution in [3.8, 4) is 0 Å². The molecular weight excluding hydrogens is 226 g/mol. The molecule has 0 saturated carbocycles. The Morgan fingerprint density at radius 3 is 2.78 bits per heavy atom. The van der Waals surface area contributed by atoms with Gasteiger partial charge in [-0.3, -0.25) is 4.68 Å². The predicted molar refractivity (Wildman–Crippen MR) is 74.8 cm³/mol. The standard InChI is InChI=1S/C14H27N3O/c1-5-15-13(8-7-9-18-6-2)11-14-10-12(3)16-17(14)4/h10,13,15H,5-9,11H2,1-4H3. The van der Waals surface area contributed by atoms with Gasteiger partial charge in [0.25, 0.3) is 0 Å². The summed E-state index contributed by atoms with van der Waals surface area (Å²) in [6.45, 7) is 8.93. The van der Waals surface area contributed by atoms with Crippen LogP contribution in [0.2, 0.25) is 0 Å². The highest BCUT2D eigenvalue weighted by Crippen LogP contribution is 2.09. The molecule has 0 radical (unpaired) electrons. The topological polar surface area (TPSA) is 39.1 Å². The lowest BCUT2D eigenvalue weighted by Gasteiger charge is -2.17. The van der Waals surface area contributed by atoms with Crippen LogP contribution in [0.15, 0.2) is 6.07 Å². The lowest BCUT2D eigenvalue weighted by molar-refractivity contribution is 0.140. The van der Waals surface area contributed by atoms with Gasteiger partial charge in [-0.15, -0.1) is 0 Å². The summed E-state index contributed by atoms with van der Waals surface area (Å²) in [6.07, 6.45) is 3.30. The molecule has 4 nitrogen and oxygen atoms in total. The number of rotatable bonds is 9. The molecule has 0 aliphatic heterocycles. The SMILES string of the molecule is CCNC(CCCOCC)Cc1cc(C)nn1C. The third-order valence-electron chi connectivity index (χ3n) is 3.09. The number of hydrogen-bond donors (Lipinski definition) is 1. The molecule has 1 heterocycles. The molecule has 1 unspecified atom stereocenters. The number of nitrogens with zero attached hydrogens (tertiary/aromatic N) is 2. The van der Waals surface area contributed by atoms with Crippen molar-refractivity contribution in [2.75, 3.05) is 19.8 Å². The summed E-state index contributed by atoms with van der Waals surface area (Å²) in [4.78, 5) is 0. The first-order chi connectivity index (χ1) is 8.67. The van der Waals surface area contributed by atoms with Crippen LogP contribution in [0.5, 0.6) is 0 Å². The lowest BCUT2D eigenvalue weighted by Crippen LogP contribution is -2.32. The van der Waals surface area contributed by atoms with E-state index in [1.54, 1.807) is 0 Å². The molecule has 104 valence electrons. The van der Waals surface area contributed by atoms with Gasteiger partial charge in [0.15, 0.2) is 0 Å². The van der Waals surface area contributed by atoms with Crippen molar-refractivity contribution in [3.63, 3.8) is 0 Å². The summed E-state index contributed by atoms with van der Waals surface area (Å²) >= 11 is 0. The lowest BCUT2D eigenvalue weighted by atomic mass is 10.1. The third-order valence-corrected chi connectivity index (χ3v) is 3.09. The average Bonchev–Trinajstić information content (AvgIpc) is 2.63. The first-order valence-corrected chi connectivity index (χ1v) is 6.98. The minimum atomic E-state index is 0.519. The maximum Gasteiger partial charge on any atom is 0.0596 e. The summed E-state index contributed by atoms with van der Waals surface area (Å²) in [5, 5.41) is 7.95. The van der Waals surface area contributed by atoms with Crippen LogP contribution >= 0.6 is 0 Å². The molecule has 18 heavy (non-hydrogen) atoms.